The van der Waals surface area contributed by atoms with E-state index in [1.165, 1.54) is 17.0 Å². The third-order valence-corrected chi connectivity index (χ3v) is 6.34. The molecule has 1 atom stereocenters. The second-order valence-corrected chi connectivity index (χ2v) is 10.3. The molecule has 2 N–H and O–H groups in total. The number of alkyl halides is 3. The average molecular weight is 540 g/mol. The summed E-state index contributed by atoms with van der Waals surface area (Å²) in [4.78, 5) is 44.0. The minimum atomic E-state index is -4.51. The number of ether oxygens (including phenoxy) is 1. The number of carbonyl (C=O) groups excluding carboxylic acids is 3. The predicted molar refractivity (Wildman–Crippen MR) is 135 cm³/mol. The van der Waals surface area contributed by atoms with Crippen LogP contribution in [0.2, 0.25) is 0 Å². The van der Waals surface area contributed by atoms with Gasteiger partial charge in [0.05, 0.1) is 23.8 Å². The Morgan fingerprint density at radius 2 is 1.66 bits per heavy atom. The van der Waals surface area contributed by atoms with Gasteiger partial charge >= 0.3 is 24.2 Å². The van der Waals surface area contributed by atoms with Gasteiger partial charge in [0.2, 0.25) is 0 Å². The number of hydrogen-bond acceptors (Lipinski definition) is 5. The third-order valence-electron chi connectivity index (χ3n) is 6.34. The Hall–Kier alpha value is -3.28. The maximum atomic E-state index is 13.2. The minimum absolute atomic E-state index is 0.0942. The van der Waals surface area contributed by atoms with Crippen LogP contribution in [0.5, 0.6) is 0 Å². The summed E-state index contributed by atoms with van der Waals surface area (Å²) in [6.45, 7) is 11.7. The number of benzene rings is 1. The first-order valence-electron chi connectivity index (χ1n) is 12.7. The van der Waals surface area contributed by atoms with Gasteiger partial charge < -0.3 is 20.3 Å². The highest BCUT2D eigenvalue weighted by Gasteiger charge is 2.39. The van der Waals surface area contributed by atoms with Crippen LogP contribution in [0.3, 0.4) is 0 Å². The van der Waals surface area contributed by atoms with Crippen molar-refractivity contribution in [2.24, 2.45) is 0 Å². The molecule has 0 aromatic heterocycles. The van der Waals surface area contributed by atoms with Gasteiger partial charge in [-0.1, -0.05) is 12.1 Å². The van der Waals surface area contributed by atoms with Crippen LogP contribution in [-0.2, 0) is 15.7 Å². The summed E-state index contributed by atoms with van der Waals surface area (Å²) >= 11 is 0. The third kappa shape index (κ3) is 6.97. The molecule has 12 heteroatoms. The van der Waals surface area contributed by atoms with E-state index < -0.39 is 29.8 Å². The summed E-state index contributed by atoms with van der Waals surface area (Å²) in [7, 11) is 0. The molecule has 3 rings (SSSR count). The summed E-state index contributed by atoms with van der Waals surface area (Å²) < 4.78 is 44.7. The lowest BCUT2D eigenvalue weighted by atomic mass is 9.93. The molecule has 2 heterocycles. The number of carbonyl (C=O) groups is 3. The van der Waals surface area contributed by atoms with E-state index in [1.807, 2.05) is 25.7 Å². The van der Waals surface area contributed by atoms with Crippen molar-refractivity contribution in [3.63, 3.8) is 0 Å². The molecular formula is C26H36F3N5O4. The van der Waals surface area contributed by atoms with E-state index in [9.17, 15) is 27.6 Å². The number of nitrogens with one attached hydrogen (secondary N) is 2. The van der Waals surface area contributed by atoms with Gasteiger partial charge in [-0.3, -0.25) is 9.80 Å². The van der Waals surface area contributed by atoms with Crippen molar-refractivity contribution >= 4 is 18.0 Å². The Morgan fingerprint density at radius 1 is 1.05 bits per heavy atom. The zero-order valence-corrected chi connectivity index (χ0v) is 22.4. The standard InChI is InChI=1S/C26H36F3N5O4/c1-6-34-19(16-32-12-14-33(15-13-32)24(37)31-25(3,4)5)20(22(35)38-7-2)21(30-23(34)36)17-8-10-18(11-9-17)26(27,28)29/h8-11,21H,6-7,12-16H2,1-5H3,(H,30,36)(H,31,37)/t21-/m0/s1. The molecule has 1 aromatic rings. The number of rotatable bonds is 6. The van der Waals surface area contributed by atoms with Crippen molar-refractivity contribution in [2.75, 3.05) is 45.9 Å². The Kier molecular flexibility index (Phi) is 8.96. The maximum absolute atomic E-state index is 13.2. The van der Waals surface area contributed by atoms with E-state index >= 15 is 0 Å². The molecule has 0 bridgehead atoms. The van der Waals surface area contributed by atoms with E-state index in [4.69, 9.17) is 4.74 Å². The highest BCUT2D eigenvalue weighted by atomic mass is 19.4. The first-order valence-corrected chi connectivity index (χ1v) is 12.7. The summed E-state index contributed by atoms with van der Waals surface area (Å²) in [5.74, 6) is -0.644. The molecule has 0 spiro atoms. The van der Waals surface area contributed by atoms with Crippen molar-refractivity contribution in [3.05, 3.63) is 46.7 Å². The van der Waals surface area contributed by atoms with Crippen LogP contribution in [0.15, 0.2) is 35.5 Å². The molecule has 38 heavy (non-hydrogen) atoms. The number of nitrogens with zero attached hydrogens (tertiary/aromatic N) is 3. The average Bonchev–Trinajstić information content (AvgIpc) is 2.83. The van der Waals surface area contributed by atoms with E-state index in [-0.39, 0.29) is 36.8 Å². The monoisotopic (exact) mass is 539 g/mol. The van der Waals surface area contributed by atoms with Crippen LogP contribution < -0.4 is 10.6 Å². The van der Waals surface area contributed by atoms with E-state index in [0.717, 1.165) is 12.1 Å². The highest BCUT2D eigenvalue weighted by molar-refractivity contribution is 5.95. The molecule has 1 aromatic carbocycles. The van der Waals surface area contributed by atoms with E-state index in [1.54, 1.807) is 18.7 Å². The molecule has 0 saturated carbocycles. The van der Waals surface area contributed by atoms with Gasteiger partial charge in [0, 0.05) is 50.5 Å². The van der Waals surface area contributed by atoms with Gasteiger partial charge in [-0.2, -0.15) is 13.2 Å². The molecule has 0 aliphatic carbocycles. The number of halogens is 3. The van der Waals surface area contributed by atoms with E-state index in [2.05, 4.69) is 10.6 Å². The number of hydrogen-bond donors (Lipinski definition) is 2. The lowest BCUT2D eigenvalue weighted by molar-refractivity contribution is -0.139. The Bertz CT molecular complexity index is 1060. The van der Waals surface area contributed by atoms with Crippen LogP contribution in [0.25, 0.3) is 0 Å². The lowest BCUT2D eigenvalue weighted by Crippen LogP contribution is -2.56. The Labute approximate surface area is 221 Å². The summed E-state index contributed by atoms with van der Waals surface area (Å²) in [5, 5.41) is 5.71. The largest absolute Gasteiger partial charge is 0.463 e. The molecule has 210 valence electrons. The lowest BCUT2D eigenvalue weighted by Gasteiger charge is -2.40. The van der Waals surface area contributed by atoms with Crippen molar-refractivity contribution in [2.45, 2.75) is 52.4 Å². The quantitative estimate of drug-likeness (QED) is 0.538. The highest BCUT2D eigenvalue weighted by Crippen LogP contribution is 2.35. The SMILES string of the molecule is CCOC(=O)C1=C(CN2CCN(C(=O)NC(C)(C)C)CC2)N(CC)C(=O)N[C@H]1c1ccc(C(F)(F)F)cc1. The molecule has 0 unspecified atom stereocenters. The van der Waals surface area contributed by atoms with Gasteiger partial charge in [-0.25, -0.2) is 14.4 Å². The number of piperazine rings is 1. The fraction of sp³-hybridized carbons (Fsp3) is 0.577. The molecule has 2 aliphatic rings. The fourth-order valence-electron chi connectivity index (χ4n) is 4.49. The number of amides is 4. The van der Waals surface area contributed by atoms with Crippen LogP contribution in [0.4, 0.5) is 22.8 Å². The predicted octanol–water partition coefficient (Wildman–Crippen LogP) is 3.73. The summed E-state index contributed by atoms with van der Waals surface area (Å²) in [6.07, 6.45) is -4.51. The second-order valence-electron chi connectivity index (χ2n) is 10.3. The van der Waals surface area contributed by atoms with E-state index in [0.29, 0.717) is 37.4 Å². The molecule has 4 amide bonds. The van der Waals surface area contributed by atoms with Crippen LogP contribution in [0, 0.1) is 0 Å². The zero-order valence-electron chi connectivity index (χ0n) is 22.4. The van der Waals surface area contributed by atoms with Crippen LogP contribution in [-0.4, -0.2) is 84.1 Å². The van der Waals surface area contributed by atoms with Crippen molar-refractivity contribution in [1.29, 1.82) is 0 Å². The van der Waals surface area contributed by atoms with Gasteiger partial charge in [-0.15, -0.1) is 0 Å². The molecular weight excluding hydrogens is 503 g/mol. The van der Waals surface area contributed by atoms with Gasteiger partial charge in [-0.05, 0) is 52.3 Å². The number of esters is 1. The summed E-state index contributed by atoms with van der Waals surface area (Å²) in [6, 6.07) is 2.80. The molecule has 1 saturated heterocycles. The van der Waals surface area contributed by atoms with Crippen molar-refractivity contribution in [3.8, 4) is 0 Å². The first kappa shape index (κ1) is 29.3. The normalized spacial score (nSPS) is 19.4. The first-order chi connectivity index (χ1) is 17.7. The Balaban J connectivity index is 1.91. The molecule has 9 nitrogen and oxygen atoms in total. The maximum Gasteiger partial charge on any atom is 0.416 e. The van der Waals surface area contributed by atoms with Crippen LogP contribution in [0.1, 0.15) is 51.8 Å². The van der Waals surface area contributed by atoms with Gasteiger partial charge in [0.25, 0.3) is 0 Å². The number of urea groups is 2. The number of likely N-dealkylation sites (N-methyl/N-ethyl adjacent to an activating group) is 1. The van der Waals surface area contributed by atoms with Gasteiger partial charge in [0.15, 0.2) is 0 Å². The smallest absolute Gasteiger partial charge is 0.416 e. The fourth-order valence-corrected chi connectivity index (χ4v) is 4.49. The van der Waals surface area contributed by atoms with Gasteiger partial charge in [0.1, 0.15) is 0 Å². The molecule has 2 aliphatic heterocycles. The zero-order chi connectivity index (χ0) is 28.3. The van der Waals surface area contributed by atoms with Crippen molar-refractivity contribution < 1.29 is 32.3 Å². The summed E-state index contributed by atoms with van der Waals surface area (Å²) in [5.41, 5.74) is -0.230. The minimum Gasteiger partial charge on any atom is -0.463 e. The topological polar surface area (TPSA) is 94.2 Å². The Morgan fingerprint density at radius 3 is 2.16 bits per heavy atom. The van der Waals surface area contributed by atoms with Crippen LogP contribution >= 0.6 is 0 Å². The molecule has 1 fully saturated rings. The van der Waals surface area contributed by atoms with Crippen molar-refractivity contribution in [1.82, 2.24) is 25.3 Å². The second kappa shape index (κ2) is 11.6. The molecule has 0 radical (unpaired) electrons.